The van der Waals surface area contributed by atoms with Gasteiger partial charge in [0, 0.05) is 12.3 Å². The number of thiophene rings is 1. The summed E-state index contributed by atoms with van der Waals surface area (Å²) in [4.78, 5) is 0. The fourth-order valence-corrected chi connectivity index (χ4v) is 3.33. The number of hydrogen-bond donors (Lipinski definition) is 0. The van der Waals surface area contributed by atoms with E-state index in [4.69, 9.17) is 16.3 Å². The van der Waals surface area contributed by atoms with Gasteiger partial charge in [-0.1, -0.05) is 42.5 Å². The van der Waals surface area contributed by atoms with Crippen molar-refractivity contribution in [3.8, 4) is 5.75 Å². The number of fused-ring (bicyclic) bond motifs is 1. The van der Waals surface area contributed by atoms with Crippen LogP contribution >= 0.6 is 22.9 Å². The third-order valence-electron chi connectivity index (χ3n) is 3.25. The molecule has 1 aromatic heterocycles. The van der Waals surface area contributed by atoms with Crippen LogP contribution in [0, 0.1) is 0 Å². The van der Waals surface area contributed by atoms with Gasteiger partial charge in [0.25, 0.3) is 0 Å². The topological polar surface area (TPSA) is 9.23 Å². The molecule has 0 fully saturated rings. The Morgan fingerprint density at radius 2 is 1.85 bits per heavy atom. The Balaban J connectivity index is 1.92. The van der Waals surface area contributed by atoms with E-state index in [-0.39, 0.29) is 6.10 Å². The summed E-state index contributed by atoms with van der Waals surface area (Å²) in [6.07, 6.45) is 0.800. The molecule has 3 rings (SSSR count). The normalized spacial score (nSPS) is 12.4. The maximum absolute atomic E-state index is 6.24. The molecule has 0 saturated heterocycles. The number of ether oxygens (including phenoxy) is 1. The highest BCUT2D eigenvalue weighted by Crippen LogP contribution is 2.34. The van der Waals surface area contributed by atoms with Crippen molar-refractivity contribution in [1.29, 1.82) is 0 Å². The Kier molecular flexibility index (Phi) is 4.24. The number of halogens is 1. The largest absolute Gasteiger partial charge is 0.484 e. The number of hydrogen-bond acceptors (Lipinski definition) is 2. The Bertz CT molecular complexity index is 678. The van der Waals surface area contributed by atoms with Gasteiger partial charge in [0.15, 0.2) is 0 Å². The Morgan fingerprint density at radius 3 is 2.65 bits per heavy atom. The van der Waals surface area contributed by atoms with E-state index in [0.717, 1.165) is 12.2 Å². The van der Waals surface area contributed by atoms with E-state index < -0.39 is 0 Å². The molecule has 0 bridgehead atoms. The molecular weight excluding hydrogens is 288 g/mol. The first-order valence-corrected chi connectivity index (χ1v) is 8.03. The van der Waals surface area contributed by atoms with E-state index in [9.17, 15) is 0 Å². The molecule has 0 aliphatic rings. The summed E-state index contributed by atoms with van der Waals surface area (Å²) in [6, 6.07) is 18.6. The van der Waals surface area contributed by atoms with Crippen LogP contribution in [0.1, 0.15) is 18.1 Å². The van der Waals surface area contributed by atoms with Gasteiger partial charge in [0.2, 0.25) is 0 Å². The zero-order chi connectivity index (χ0) is 13.8. The summed E-state index contributed by atoms with van der Waals surface area (Å²) >= 11 is 7.64. The molecule has 0 aliphatic carbocycles. The summed E-state index contributed by atoms with van der Waals surface area (Å²) in [7, 11) is 0. The summed E-state index contributed by atoms with van der Waals surface area (Å²) in [5.41, 5.74) is 1.17. The fourth-order valence-electron chi connectivity index (χ4n) is 2.27. The fraction of sp³-hybridized carbons (Fsp3) is 0.176. The zero-order valence-corrected chi connectivity index (χ0v) is 12.5. The lowest BCUT2D eigenvalue weighted by Gasteiger charge is -2.19. The van der Waals surface area contributed by atoms with Gasteiger partial charge in [-0.3, -0.25) is 0 Å². The molecule has 3 aromatic rings. The van der Waals surface area contributed by atoms with Crippen LogP contribution in [0.3, 0.4) is 0 Å². The lowest BCUT2D eigenvalue weighted by atomic mass is 10.1. The second kappa shape index (κ2) is 6.29. The molecular formula is C17H15ClOS. The molecule has 2 aromatic carbocycles. The average Bonchev–Trinajstić information content (AvgIpc) is 2.97. The van der Waals surface area contributed by atoms with Crippen LogP contribution in [0.4, 0.5) is 0 Å². The van der Waals surface area contributed by atoms with E-state index in [1.165, 1.54) is 15.6 Å². The smallest absolute Gasteiger partial charge is 0.138 e. The molecule has 102 valence electrons. The van der Waals surface area contributed by atoms with Crippen molar-refractivity contribution in [3.05, 3.63) is 65.5 Å². The van der Waals surface area contributed by atoms with Crippen molar-refractivity contribution in [2.45, 2.75) is 12.5 Å². The van der Waals surface area contributed by atoms with Crippen LogP contribution in [0.2, 0.25) is 0 Å². The van der Waals surface area contributed by atoms with Crippen LogP contribution in [-0.2, 0) is 0 Å². The van der Waals surface area contributed by atoms with Crippen molar-refractivity contribution in [2.75, 3.05) is 5.88 Å². The molecule has 0 N–H and O–H groups in total. The van der Waals surface area contributed by atoms with Crippen molar-refractivity contribution in [1.82, 2.24) is 0 Å². The summed E-state index contributed by atoms with van der Waals surface area (Å²) in [6.45, 7) is 0. The van der Waals surface area contributed by atoms with Gasteiger partial charge in [-0.25, -0.2) is 0 Å². The second-order valence-corrected chi connectivity index (χ2v) is 5.88. The van der Waals surface area contributed by atoms with Gasteiger partial charge in [-0.15, -0.1) is 22.9 Å². The highest BCUT2D eigenvalue weighted by atomic mass is 35.5. The first kappa shape index (κ1) is 13.5. The van der Waals surface area contributed by atoms with Gasteiger partial charge in [0.1, 0.15) is 11.9 Å². The van der Waals surface area contributed by atoms with Crippen LogP contribution in [0.5, 0.6) is 5.75 Å². The Morgan fingerprint density at radius 1 is 1.00 bits per heavy atom. The van der Waals surface area contributed by atoms with Crippen molar-refractivity contribution in [2.24, 2.45) is 0 Å². The van der Waals surface area contributed by atoms with Crippen molar-refractivity contribution < 1.29 is 4.74 Å². The Hall–Kier alpha value is -1.51. The monoisotopic (exact) mass is 302 g/mol. The maximum atomic E-state index is 6.24. The average molecular weight is 303 g/mol. The molecule has 3 heteroatoms. The van der Waals surface area contributed by atoms with Gasteiger partial charge in [0.05, 0.1) is 4.70 Å². The maximum Gasteiger partial charge on any atom is 0.138 e. The summed E-state index contributed by atoms with van der Waals surface area (Å²) in [5, 5.41) is 3.32. The van der Waals surface area contributed by atoms with Gasteiger partial charge in [-0.2, -0.15) is 0 Å². The number of alkyl halides is 1. The second-order valence-electron chi connectivity index (χ2n) is 4.59. The third kappa shape index (κ3) is 2.82. The van der Waals surface area contributed by atoms with Gasteiger partial charge in [-0.05, 0) is 28.5 Å². The lowest BCUT2D eigenvalue weighted by Crippen LogP contribution is -2.08. The van der Waals surface area contributed by atoms with Gasteiger partial charge >= 0.3 is 0 Å². The van der Waals surface area contributed by atoms with E-state index >= 15 is 0 Å². The third-order valence-corrected chi connectivity index (χ3v) is 4.42. The molecule has 0 unspecified atom stereocenters. The quantitative estimate of drug-likeness (QED) is 0.553. The molecule has 0 aliphatic heterocycles. The van der Waals surface area contributed by atoms with Crippen LogP contribution in [0.15, 0.2) is 60.0 Å². The molecule has 1 heterocycles. The van der Waals surface area contributed by atoms with Crippen LogP contribution in [0.25, 0.3) is 10.1 Å². The minimum Gasteiger partial charge on any atom is -0.484 e. The van der Waals surface area contributed by atoms with Crippen molar-refractivity contribution in [3.63, 3.8) is 0 Å². The van der Waals surface area contributed by atoms with Crippen LogP contribution < -0.4 is 4.74 Å². The van der Waals surface area contributed by atoms with Crippen LogP contribution in [-0.4, -0.2) is 5.88 Å². The summed E-state index contributed by atoms with van der Waals surface area (Å²) in [5.74, 6) is 1.52. The predicted molar refractivity (Wildman–Crippen MR) is 87.0 cm³/mol. The van der Waals surface area contributed by atoms with E-state index in [2.05, 4.69) is 29.6 Å². The molecule has 1 nitrogen and oxygen atoms in total. The predicted octanol–water partition coefficient (Wildman–Crippen LogP) is 5.65. The minimum atomic E-state index is 0.00130. The summed E-state index contributed by atoms with van der Waals surface area (Å²) < 4.78 is 7.44. The van der Waals surface area contributed by atoms with Crippen molar-refractivity contribution >= 4 is 33.0 Å². The minimum absolute atomic E-state index is 0.00130. The van der Waals surface area contributed by atoms with Gasteiger partial charge < -0.3 is 4.74 Å². The van der Waals surface area contributed by atoms with E-state index in [1.807, 2.05) is 30.3 Å². The molecule has 0 spiro atoms. The van der Waals surface area contributed by atoms with E-state index in [1.54, 1.807) is 11.3 Å². The van der Waals surface area contributed by atoms with E-state index in [0.29, 0.717) is 5.88 Å². The first-order valence-electron chi connectivity index (χ1n) is 6.62. The molecule has 0 amide bonds. The first-order chi connectivity index (χ1) is 9.88. The highest BCUT2D eigenvalue weighted by Gasteiger charge is 2.14. The Labute approximate surface area is 127 Å². The SMILES string of the molecule is ClCC[C@@H](Oc1cccc2ccsc12)c1ccccc1. The zero-order valence-electron chi connectivity index (χ0n) is 11.0. The molecule has 0 radical (unpaired) electrons. The number of benzene rings is 2. The molecule has 0 saturated carbocycles. The standard InChI is InChI=1S/C17H15ClOS/c18-11-9-15(13-5-2-1-3-6-13)19-16-8-4-7-14-10-12-20-17(14)16/h1-8,10,12,15H,9,11H2/t15-/m1/s1. The highest BCUT2D eigenvalue weighted by molar-refractivity contribution is 7.17. The lowest BCUT2D eigenvalue weighted by molar-refractivity contribution is 0.205. The molecule has 1 atom stereocenters. The molecule has 20 heavy (non-hydrogen) atoms. The number of rotatable bonds is 5.